The summed E-state index contributed by atoms with van der Waals surface area (Å²) in [4.78, 5) is 15.7. The van der Waals surface area contributed by atoms with Crippen LogP contribution in [0.1, 0.15) is 41.5 Å². The predicted octanol–water partition coefficient (Wildman–Crippen LogP) is 5.53. The fourth-order valence-corrected chi connectivity index (χ4v) is 4.10. The van der Waals surface area contributed by atoms with Crippen molar-refractivity contribution in [2.75, 3.05) is 13.1 Å². The molecule has 1 heterocycles. The molecule has 0 atom stereocenters. The molecule has 0 radical (unpaired) electrons. The highest BCUT2D eigenvalue weighted by molar-refractivity contribution is 6.24. The topological polar surface area (TPSA) is 32.3 Å². The summed E-state index contributed by atoms with van der Waals surface area (Å²) in [5.41, 5.74) is 5.06. The number of amides is 1. The van der Waals surface area contributed by atoms with Crippen molar-refractivity contribution in [1.29, 1.82) is 0 Å². The molecular weight excluding hydrogens is 380 g/mol. The normalized spacial score (nSPS) is 14.9. The maximum absolute atomic E-state index is 13.1. The number of benzene rings is 3. The minimum absolute atomic E-state index is 0.0588. The highest BCUT2D eigenvalue weighted by Gasteiger charge is 2.13. The van der Waals surface area contributed by atoms with E-state index in [1.54, 1.807) is 0 Å². The SMILES string of the molecule is O=C(NCc1cccc(CN2CCCCC2)c1)/C(=C/c1ccccc1)c1ccccc1. The summed E-state index contributed by atoms with van der Waals surface area (Å²) in [7, 11) is 0. The van der Waals surface area contributed by atoms with Gasteiger partial charge in [0.25, 0.3) is 5.91 Å². The molecule has 1 fully saturated rings. The standard InChI is InChI=1S/C28H30N2O/c31-28(27(26-15-6-2-7-16-26)20-23-11-4-1-5-12-23)29-21-24-13-10-14-25(19-24)22-30-17-8-3-9-18-30/h1-2,4-7,10-16,19-20H,3,8-9,17-18,21-22H2,(H,29,31)/b27-20+. The molecule has 158 valence electrons. The van der Waals surface area contributed by atoms with E-state index in [9.17, 15) is 4.79 Å². The molecule has 1 amide bonds. The van der Waals surface area contributed by atoms with Gasteiger partial charge in [-0.05, 0) is 54.3 Å². The molecular formula is C28H30N2O. The van der Waals surface area contributed by atoms with Gasteiger partial charge in [-0.1, -0.05) is 91.3 Å². The summed E-state index contributed by atoms with van der Waals surface area (Å²) in [6.07, 6.45) is 5.90. The Kier molecular flexibility index (Phi) is 7.30. The molecule has 1 aliphatic rings. The van der Waals surface area contributed by atoms with E-state index >= 15 is 0 Å². The molecule has 3 aromatic carbocycles. The van der Waals surface area contributed by atoms with E-state index in [0.29, 0.717) is 12.1 Å². The maximum atomic E-state index is 13.1. The molecule has 1 aliphatic heterocycles. The van der Waals surface area contributed by atoms with Crippen LogP contribution < -0.4 is 5.32 Å². The lowest BCUT2D eigenvalue weighted by Crippen LogP contribution is -2.29. The van der Waals surface area contributed by atoms with Gasteiger partial charge >= 0.3 is 0 Å². The van der Waals surface area contributed by atoms with Gasteiger partial charge in [-0.15, -0.1) is 0 Å². The monoisotopic (exact) mass is 410 g/mol. The van der Waals surface area contributed by atoms with Crippen LogP contribution in [0.2, 0.25) is 0 Å². The summed E-state index contributed by atoms with van der Waals surface area (Å²) in [5, 5.41) is 3.13. The van der Waals surface area contributed by atoms with E-state index in [4.69, 9.17) is 0 Å². The van der Waals surface area contributed by atoms with Crippen molar-refractivity contribution in [3.05, 3.63) is 107 Å². The molecule has 1 saturated heterocycles. The molecule has 0 spiro atoms. The average Bonchev–Trinajstić information content (AvgIpc) is 2.83. The summed E-state index contributed by atoms with van der Waals surface area (Å²) in [5.74, 6) is -0.0588. The highest BCUT2D eigenvalue weighted by atomic mass is 16.1. The van der Waals surface area contributed by atoms with Gasteiger partial charge in [0.05, 0.1) is 0 Å². The van der Waals surface area contributed by atoms with E-state index in [2.05, 4.69) is 34.5 Å². The number of nitrogens with zero attached hydrogens (tertiary/aromatic N) is 1. The van der Waals surface area contributed by atoms with Crippen LogP contribution in [-0.2, 0) is 17.9 Å². The van der Waals surface area contributed by atoms with Crippen molar-refractivity contribution in [2.45, 2.75) is 32.4 Å². The number of likely N-dealkylation sites (tertiary alicyclic amines) is 1. The molecule has 1 N–H and O–H groups in total. The lowest BCUT2D eigenvalue weighted by Gasteiger charge is -2.26. The fraction of sp³-hybridized carbons (Fsp3) is 0.250. The van der Waals surface area contributed by atoms with Gasteiger partial charge in [0.1, 0.15) is 0 Å². The van der Waals surface area contributed by atoms with Gasteiger partial charge in [0, 0.05) is 18.7 Å². The van der Waals surface area contributed by atoms with Gasteiger partial charge in [0.15, 0.2) is 0 Å². The van der Waals surface area contributed by atoms with Crippen molar-refractivity contribution in [2.24, 2.45) is 0 Å². The second-order valence-corrected chi connectivity index (χ2v) is 8.17. The molecule has 0 saturated carbocycles. The number of carbonyl (C=O) groups is 1. The minimum Gasteiger partial charge on any atom is -0.348 e. The Bertz CT molecular complexity index is 1010. The van der Waals surface area contributed by atoms with Gasteiger partial charge in [-0.25, -0.2) is 0 Å². The zero-order chi connectivity index (χ0) is 21.3. The van der Waals surface area contributed by atoms with E-state index in [-0.39, 0.29) is 5.91 Å². The van der Waals surface area contributed by atoms with E-state index in [1.807, 2.05) is 66.7 Å². The van der Waals surface area contributed by atoms with Crippen molar-refractivity contribution in [1.82, 2.24) is 10.2 Å². The maximum Gasteiger partial charge on any atom is 0.252 e. The first kappa shape index (κ1) is 21.1. The second-order valence-electron chi connectivity index (χ2n) is 8.17. The number of piperidine rings is 1. The predicted molar refractivity (Wildman–Crippen MR) is 128 cm³/mol. The molecule has 3 heteroatoms. The third kappa shape index (κ3) is 6.16. The summed E-state index contributed by atoms with van der Waals surface area (Å²) >= 11 is 0. The zero-order valence-electron chi connectivity index (χ0n) is 18.0. The van der Waals surface area contributed by atoms with Crippen molar-refractivity contribution in [3.63, 3.8) is 0 Å². The third-order valence-corrected chi connectivity index (χ3v) is 5.74. The second kappa shape index (κ2) is 10.7. The van der Waals surface area contributed by atoms with Crippen molar-refractivity contribution in [3.8, 4) is 0 Å². The van der Waals surface area contributed by atoms with Crippen molar-refractivity contribution < 1.29 is 4.79 Å². The first-order chi connectivity index (χ1) is 15.3. The van der Waals surface area contributed by atoms with Crippen LogP contribution in [0.15, 0.2) is 84.9 Å². The van der Waals surface area contributed by atoms with Crippen LogP contribution in [0.4, 0.5) is 0 Å². The van der Waals surface area contributed by atoms with Crippen LogP contribution in [0.5, 0.6) is 0 Å². The van der Waals surface area contributed by atoms with E-state index in [1.165, 1.54) is 37.9 Å². The summed E-state index contributed by atoms with van der Waals surface area (Å²) in [6.45, 7) is 3.88. The Balaban J connectivity index is 1.45. The summed E-state index contributed by atoms with van der Waals surface area (Å²) in [6, 6.07) is 28.4. The number of carbonyl (C=O) groups excluding carboxylic acids is 1. The molecule has 31 heavy (non-hydrogen) atoms. The Morgan fingerprint density at radius 1 is 0.806 bits per heavy atom. The van der Waals surface area contributed by atoms with Crippen LogP contribution in [-0.4, -0.2) is 23.9 Å². The van der Waals surface area contributed by atoms with E-state index < -0.39 is 0 Å². The van der Waals surface area contributed by atoms with Crippen LogP contribution >= 0.6 is 0 Å². The summed E-state index contributed by atoms with van der Waals surface area (Å²) < 4.78 is 0. The number of hydrogen-bond donors (Lipinski definition) is 1. The number of rotatable bonds is 7. The molecule has 3 nitrogen and oxygen atoms in total. The highest BCUT2D eigenvalue weighted by Crippen LogP contribution is 2.19. The smallest absolute Gasteiger partial charge is 0.252 e. The van der Waals surface area contributed by atoms with Gasteiger partial charge in [-0.3, -0.25) is 9.69 Å². The van der Waals surface area contributed by atoms with Gasteiger partial charge < -0.3 is 5.32 Å². The molecule has 3 aromatic rings. The lowest BCUT2D eigenvalue weighted by molar-refractivity contribution is -0.115. The first-order valence-corrected chi connectivity index (χ1v) is 11.2. The Hall–Kier alpha value is -3.17. The molecule has 0 unspecified atom stereocenters. The quantitative estimate of drug-likeness (QED) is 0.410. The van der Waals surface area contributed by atoms with Crippen LogP contribution in [0.3, 0.4) is 0 Å². The molecule has 0 aliphatic carbocycles. The zero-order valence-corrected chi connectivity index (χ0v) is 18.0. The Morgan fingerprint density at radius 3 is 2.23 bits per heavy atom. The Labute approximate surface area is 185 Å². The third-order valence-electron chi connectivity index (χ3n) is 5.74. The lowest BCUT2D eigenvalue weighted by atomic mass is 10.0. The van der Waals surface area contributed by atoms with Crippen LogP contribution in [0.25, 0.3) is 11.6 Å². The Morgan fingerprint density at radius 2 is 1.48 bits per heavy atom. The number of nitrogens with one attached hydrogen (secondary N) is 1. The van der Waals surface area contributed by atoms with E-state index in [0.717, 1.165) is 23.2 Å². The fourth-order valence-electron chi connectivity index (χ4n) is 4.10. The molecule has 0 aromatic heterocycles. The molecule has 4 rings (SSSR count). The van der Waals surface area contributed by atoms with Gasteiger partial charge in [-0.2, -0.15) is 0 Å². The van der Waals surface area contributed by atoms with Gasteiger partial charge in [0.2, 0.25) is 0 Å². The minimum atomic E-state index is -0.0588. The number of hydrogen-bond acceptors (Lipinski definition) is 2. The average molecular weight is 411 g/mol. The largest absolute Gasteiger partial charge is 0.348 e. The van der Waals surface area contributed by atoms with Crippen molar-refractivity contribution >= 4 is 17.6 Å². The molecule has 0 bridgehead atoms. The first-order valence-electron chi connectivity index (χ1n) is 11.2. The van der Waals surface area contributed by atoms with Crippen LogP contribution in [0, 0.1) is 0 Å².